The fourth-order valence-corrected chi connectivity index (χ4v) is 6.25. The molecule has 288 valence electrons. The van der Waals surface area contributed by atoms with Gasteiger partial charge in [0, 0.05) is 29.2 Å². The van der Waals surface area contributed by atoms with Crippen LogP contribution in [0.1, 0.15) is 66.4 Å². The molecule has 2 amide bonds. The number of halogens is 4. The summed E-state index contributed by atoms with van der Waals surface area (Å²) in [5.74, 6) is -3.63. The number of carboxylic acid groups (broad SMARTS) is 1. The highest BCUT2D eigenvalue weighted by atomic mass is 35.5. The van der Waals surface area contributed by atoms with Crippen LogP contribution >= 0.6 is 11.6 Å². The molecule has 13 nitrogen and oxygen atoms in total. The van der Waals surface area contributed by atoms with E-state index in [0.29, 0.717) is 30.0 Å². The number of carbonyl (C=O) groups is 4. The summed E-state index contributed by atoms with van der Waals surface area (Å²) < 4.78 is 43.7. The molecule has 3 aromatic carbocycles. The van der Waals surface area contributed by atoms with Crippen LogP contribution in [0.25, 0.3) is 0 Å². The zero-order valence-corrected chi connectivity index (χ0v) is 30.0. The SMILES string of the molecule is O=C(CCC1(c2ccccc2)CC1)C(=O)NCC[C@H](NC(=O)c1ccc(Nc2nc(NC3(c4ccc(Cl)cc4)CC3)nc(OCC(F)(F)F)n2)cc1)C(=O)O. The van der Waals surface area contributed by atoms with Crippen molar-refractivity contribution in [1.82, 2.24) is 25.6 Å². The molecule has 2 aliphatic carbocycles. The third-order valence-electron chi connectivity index (χ3n) is 9.53. The van der Waals surface area contributed by atoms with Crippen molar-refractivity contribution in [2.45, 2.75) is 68.1 Å². The third kappa shape index (κ3) is 10.5. The van der Waals surface area contributed by atoms with Gasteiger partial charge in [-0.15, -0.1) is 0 Å². The van der Waals surface area contributed by atoms with Crippen molar-refractivity contribution in [2.75, 3.05) is 23.8 Å². The molecule has 4 aromatic rings. The van der Waals surface area contributed by atoms with Crippen molar-refractivity contribution >= 4 is 52.8 Å². The number of amides is 2. The Labute approximate surface area is 318 Å². The molecule has 6 rings (SSSR count). The van der Waals surface area contributed by atoms with Gasteiger partial charge in [-0.05, 0) is 91.5 Å². The molecular formula is C38H37ClF3N7O6. The van der Waals surface area contributed by atoms with Gasteiger partial charge in [0.05, 0.1) is 5.54 Å². The number of alkyl halides is 3. The number of ether oxygens (including phenoxy) is 1. The van der Waals surface area contributed by atoms with Crippen molar-refractivity contribution in [3.05, 3.63) is 101 Å². The maximum Gasteiger partial charge on any atom is 0.422 e. The molecule has 0 saturated heterocycles. The summed E-state index contributed by atoms with van der Waals surface area (Å²) in [6.45, 7) is -1.79. The van der Waals surface area contributed by atoms with Crippen LogP contribution in [-0.4, -0.2) is 69.0 Å². The van der Waals surface area contributed by atoms with Gasteiger partial charge in [0.15, 0.2) is 6.61 Å². The first-order chi connectivity index (χ1) is 26.2. The number of nitrogens with one attached hydrogen (secondary N) is 4. The highest BCUT2D eigenvalue weighted by molar-refractivity contribution is 6.36. The summed E-state index contributed by atoms with van der Waals surface area (Å²) >= 11 is 6.03. The first kappa shape index (κ1) is 38.9. The molecule has 0 spiro atoms. The van der Waals surface area contributed by atoms with E-state index in [0.717, 1.165) is 24.0 Å². The van der Waals surface area contributed by atoms with E-state index < -0.39 is 53.9 Å². The number of aliphatic carboxylic acids is 1. The predicted molar refractivity (Wildman–Crippen MR) is 195 cm³/mol. The van der Waals surface area contributed by atoms with Crippen LogP contribution in [0.15, 0.2) is 78.9 Å². The molecule has 1 atom stereocenters. The van der Waals surface area contributed by atoms with E-state index in [1.54, 1.807) is 12.1 Å². The van der Waals surface area contributed by atoms with E-state index in [1.807, 2.05) is 42.5 Å². The average molecular weight is 780 g/mol. The number of anilines is 3. The Morgan fingerprint density at radius 3 is 2.15 bits per heavy atom. The number of Topliss-reactive ketones (excluding diaryl/α,β-unsaturated/α-hetero) is 1. The van der Waals surface area contributed by atoms with Gasteiger partial charge < -0.3 is 31.1 Å². The van der Waals surface area contributed by atoms with E-state index in [2.05, 4.69) is 36.2 Å². The number of hydrogen-bond acceptors (Lipinski definition) is 10. The lowest BCUT2D eigenvalue weighted by Gasteiger charge is -2.19. The summed E-state index contributed by atoms with van der Waals surface area (Å²) in [6, 6.07) is 20.7. The van der Waals surface area contributed by atoms with Crippen LogP contribution in [0.3, 0.4) is 0 Å². The molecule has 1 heterocycles. The van der Waals surface area contributed by atoms with E-state index in [1.165, 1.54) is 24.3 Å². The first-order valence-electron chi connectivity index (χ1n) is 17.5. The number of rotatable bonds is 18. The molecule has 17 heteroatoms. The minimum absolute atomic E-state index is 0.0342. The number of carboxylic acids is 1. The summed E-state index contributed by atoms with van der Waals surface area (Å²) in [4.78, 5) is 62.2. The number of hydrogen-bond donors (Lipinski definition) is 5. The third-order valence-corrected chi connectivity index (χ3v) is 9.78. The lowest BCUT2D eigenvalue weighted by Crippen LogP contribution is -2.43. The van der Waals surface area contributed by atoms with Gasteiger partial charge in [-0.3, -0.25) is 14.4 Å². The topological polar surface area (TPSA) is 185 Å². The van der Waals surface area contributed by atoms with Gasteiger partial charge in [-0.25, -0.2) is 4.79 Å². The van der Waals surface area contributed by atoms with E-state index in [4.69, 9.17) is 16.3 Å². The van der Waals surface area contributed by atoms with Crippen LogP contribution in [0.2, 0.25) is 5.02 Å². The van der Waals surface area contributed by atoms with Crippen LogP contribution in [0.5, 0.6) is 6.01 Å². The summed E-state index contributed by atoms with van der Waals surface area (Å²) in [5, 5.41) is 21.2. The van der Waals surface area contributed by atoms with Gasteiger partial charge in [0.2, 0.25) is 17.7 Å². The Morgan fingerprint density at radius 2 is 1.53 bits per heavy atom. The molecule has 2 saturated carbocycles. The number of aromatic nitrogens is 3. The Hall–Kier alpha value is -5.77. The highest BCUT2D eigenvalue weighted by Gasteiger charge is 2.45. The van der Waals surface area contributed by atoms with Crippen molar-refractivity contribution < 1.29 is 42.2 Å². The molecule has 1 aromatic heterocycles. The quantitative estimate of drug-likeness (QED) is 0.0738. The van der Waals surface area contributed by atoms with E-state index in [9.17, 15) is 37.5 Å². The van der Waals surface area contributed by atoms with Gasteiger partial charge in [-0.2, -0.15) is 28.1 Å². The van der Waals surface area contributed by atoms with Gasteiger partial charge in [-0.1, -0.05) is 54.1 Å². The normalized spacial score (nSPS) is 15.6. The fourth-order valence-electron chi connectivity index (χ4n) is 6.13. The van der Waals surface area contributed by atoms with Gasteiger partial charge >= 0.3 is 18.2 Å². The second-order valence-corrected chi connectivity index (χ2v) is 14.0. The molecule has 2 fully saturated rings. The number of ketones is 1. The largest absolute Gasteiger partial charge is 0.480 e. The van der Waals surface area contributed by atoms with Crippen LogP contribution in [0, 0.1) is 0 Å². The molecule has 0 radical (unpaired) electrons. The number of carbonyl (C=O) groups excluding carboxylic acids is 3. The molecule has 55 heavy (non-hydrogen) atoms. The molecule has 0 aliphatic heterocycles. The van der Waals surface area contributed by atoms with Crippen molar-refractivity contribution in [1.29, 1.82) is 0 Å². The van der Waals surface area contributed by atoms with Crippen LogP contribution in [0.4, 0.5) is 30.8 Å². The lowest BCUT2D eigenvalue weighted by molar-refractivity contribution is -0.154. The first-order valence-corrected chi connectivity index (χ1v) is 17.9. The predicted octanol–water partition coefficient (Wildman–Crippen LogP) is 6.08. The molecular weight excluding hydrogens is 743 g/mol. The highest BCUT2D eigenvalue weighted by Crippen LogP contribution is 2.51. The van der Waals surface area contributed by atoms with E-state index >= 15 is 0 Å². The standard InChI is InChI=1S/C38H37ClF3N7O6/c39-26-10-8-25(9-11-26)37(19-20-37)49-34-46-33(47-35(48-34)55-22-38(40,41)42)44-27-12-6-23(7-13-27)30(51)45-28(32(53)54)15-21-43-31(52)29(50)14-16-36(17-18-36)24-4-2-1-3-5-24/h1-13,28H,14-22H2,(H,43,52)(H,45,51)(H,53,54)(H2,44,46,47,48,49)/t28-/m0/s1. The van der Waals surface area contributed by atoms with Crippen molar-refractivity contribution in [3.63, 3.8) is 0 Å². The maximum atomic E-state index is 13.0. The Bertz CT molecular complexity index is 2030. The monoisotopic (exact) mass is 779 g/mol. The van der Waals surface area contributed by atoms with Gasteiger partial charge in [0.25, 0.3) is 11.8 Å². The Kier molecular flexibility index (Phi) is 11.5. The minimum atomic E-state index is -4.64. The van der Waals surface area contributed by atoms with Crippen molar-refractivity contribution in [2.24, 2.45) is 0 Å². The molecule has 0 bridgehead atoms. The second-order valence-electron chi connectivity index (χ2n) is 13.6. The zero-order chi connectivity index (χ0) is 39.2. The lowest BCUT2D eigenvalue weighted by atomic mass is 9.90. The molecule has 2 aliphatic rings. The Morgan fingerprint density at radius 1 is 0.855 bits per heavy atom. The van der Waals surface area contributed by atoms with Crippen LogP contribution in [-0.2, 0) is 25.3 Å². The maximum absolute atomic E-state index is 13.0. The van der Waals surface area contributed by atoms with Crippen LogP contribution < -0.4 is 26.0 Å². The minimum Gasteiger partial charge on any atom is -0.480 e. The Balaban J connectivity index is 1.03. The second kappa shape index (κ2) is 16.3. The zero-order valence-electron chi connectivity index (χ0n) is 29.3. The van der Waals surface area contributed by atoms with E-state index in [-0.39, 0.29) is 42.3 Å². The average Bonchev–Trinajstić information content (AvgIpc) is 4.10. The summed E-state index contributed by atoms with van der Waals surface area (Å²) in [5.41, 5.74) is 1.82. The number of nitrogens with zero attached hydrogens (tertiary/aromatic N) is 3. The smallest absolute Gasteiger partial charge is 0.422 e. The summed E-state index contributed by atoms with van der Waals surface area (Å²) in [6.07, 6.45) is -0.907. The van der Waals surface area contributed by atoms with Crippen molar-refractivity contribution in [3.8, 4) is 6.01 Å². The number of benzene rings is 3. The fraction of sp³-hybridized carbons (Fsp3) is 0.342. The van der Waals surface area contributed by atoms with Gasteiger partial charge in [0.1, 0.15) is 6.04 Å². The summed E-state index contributed by atoms with van der Waals surface area (Å²) in [7, 11) is 0. The molecule has 5 N–H and O–H groups in total. The molecule has 0 unspecified atom stereocenters.